The molecular formula is C17H19NO3. The maximum atomic E-state index is 12.3. The maximum Gasteiger partial charge on any atom is 0.342 e. The van der Waals surface area contributed by atoms with Gasteiger partial charge in [0.2, 0.25) is 0 Å². The Bertz CT molecular complexity index is 598. The van der Waals surface area contributed by atoms with E-state index < -0.39 is 12.1 Å². The van der Waals surface area contributed by atoms with Gasteiger partial charge in [0.1, 0.15) is 17.4 Å². The first-order chi connectivity index (χ1) is 10.1. The van der Waals surface area contributed by atoms with Crippen LogP contribution in [0, 0.1) is 0 Å². The Balaban J connectivity index is 2.24. The van der Waals surface area contributed by atoms with Gasteiger partial charge < -0.3 is 15.2 Å². The zero-order chi connectivity index (χ0) is 15.2. The number of carbonyl (C=O) groups excluding carboxylic acids is 1. The number of aromatic hydroxyl groups is 1. The largest absolute Gasteiger partial charge is 0.507 e. The highest BCUT2D eigenvalue weighted by Gasteiger charge is 2.24. The summed E-state index contributed by atoms with van der Waals surface area (Å²) < 4.78 is 5.59. The van der Waals surface area contributed by atoms with Crippen molar-refractivity contribution >= 4 is 5.97 Å². The minimum Gasteiger partial charge on any atom is -0.507 e. The van der Waals surface area contributed by atoms with E-state index >= 15 is 0 Å². The van der Waals surface area contributed by atoms with Crippen LogP contribution in [0.15, 0.2) is 54.6 Å². The lowest BCUT2D eigenvalue weighted by Crippen LogP contribution is -2.32. The lowest BCUT2D eigenvalue weighted by atomic mass is 10.0. The van der Waals surface area contributed by atoms with E-state index in [0.717, 1.165) is 5.56 Å². The second-order valence-electron chi connectivity index (χ2n) is 4.83. The molecule has 0 radical (unpaired) electrons. The molecule has 0 fully saturated rings. The van der Waals surface area contributed by atoms with Crippen molar-refractivity contribution in [3.63, 3.8) is 0 Å². The fraction of sp³-hybridized carbons (Fsp3) is 0.235. The molecule has 21 heavy (non-hydrogen) atoms. The number of hydrogen-bond acceptors (Lipinski definition) is 4. The monoisotopic (exact) mass is 285 g/mol. The smallest absolute Gasteiger partial charge is 0.342 e. The third-order valence-electron chi connectivity index (χ3n) is 3.40. The van der Waals surface area contributed by atoms with E-state index in [9.17, 15) is 9.90 Å². The Morgan fingerprint density at radius 3 is 2.33 bits per heavy atom. The van der Waals surface area contributed by atoms with Crippen molar-refractivity contribution in [2.45, 2.75) is 19.1 Å². The van der Waals surface area contributed by atoms with E-state index in [4.69, 9.17) is 4.74 Å². The molecule has 0 aliphatic carbocycles. The van der Waals surface area contributed by atoms with Gasteiger partial charge in [-0.15, -0.1) is 0 Å². The SMILES string of the molecule is CN[C@@H](C)[C@@H](OC(=O)c1ccccc1O)c1ccccc1. The minimum absolute atomic E-state index is 0.0535. The average Bonchev–Trinajstić information content (AvgIpc) is 2.53. The van der Waals surface area contributed by atoms with Crippen LogP contribution in [0.2, 0.25) is 0 Å². The lowest BCUT2D eigenvalue weighted by Gasteiger charge is -2.24. The first-order valence-electron chi connectivity index (χ1n) is 6.84. The molecule has 0 aromatic heterocycles. The molecule has 2 aromatic rings. The molecule has 0 unspecified atom stereocenters. The molecule has 2 N–H and O–H groups in total. The first kappa shape index (κ1) is 15.1. The molecule has 4 nitrogen and oxygen atoms in total. The number of para-hydroxylation sites is 1. The van der Waals surface area contributed by atoms with Crippen molar-refractivity contribution in [3.05, 3.63) is 65.7 Å². The molecule has 4 heteroatoms. The normalized spacial score (nSPS) is 13.4. The van der Waals surface area contributed by atoms with Crippen molar-refractivity contribution in [1.82, 2.24) is 5.32 Å². The predicted molar refractivity (Wildman–Crippen MR) is 81.2 cm³/mol. The number of carbonyl (C=O) groups is 1. The molecule has 0 bridgehead atoms. The van der Waals surface area contributed by atoms with Crippen molar-refractivity contribution < 1.29 is 14.6 Å². The number of phenols is 1. The standard InChI is InChI=1S/C17H19NO3/c1-12(18-2)16(13-8-4-3-5-9-13)21-17(20)14-10-6-7-11-15(14)19/h3-12,16,18-19H,1-2H3/t12-,16+/m0/s1. The highest BCUT2D eigenvalue weighted by atomic mass is 16.5. The van der Waals surface area contributed by atoms with Crippen molar-refractivity contribution in [3.8, 4) is 5.75 Å². The van der Waals surface area contributed by atoms with E-state index in [1.807, 2.05) is 44.3 Å². The number of esters is 1. The van der Waals surface area contributed by atoms with Gasteiger partial charge in [0.25, 0.3) is 0 Å². The Morgan fingerprint density at radius 2 is 1.71 bits per heavy atom. The van der Waals surface area contributed by atoms with Crippen molar-refractivity contribution in [2.24, 2.45) is 0 Å². The summed E-state index contributed by atoms with van der Waals surface area (Å²) in [6.07, 6.45) is -0.427. The number of likely N-dealkylation sites (N-methyl/N-ethyl adjacent to an activating group) is 1. The molecule has 2 rings (SSSR count). The number of hydrogen-bond donors (Lipinski definition) is 2. The summed E-state index contributed by atoms with van der Waals surface area (Å²) in [5.41, 5.74) is 1.07. The van der Waals surface area contributed by atoms with Crippen LogP contribution >= 0.6 is 0 Å². The third-order valence-corrected chi connectivity index (χ3v) is 3.40. The van der Waals surface area contributed by atoms with Gasteiger partial charge in [-0.3, -0.25) is 0 Å². The highest BCUT2D eigenvalue weighted by molar-refractivity contribution is 5.92. The molecule has 0 amide bonds. The molecule has 0 aliphatic heterocycles. The van der Waals surface area contributed by atoms with Crippen LogP contribution < -0.4 is 5.32 Å². The number of rotatable bonds is 5. The molecule has 0 saturated carbocycles. The Labute approximate surface area is 124 Å². The van der Waals surface area contributed by atoms with Crippen LogP contribution in [-0.4, -0.2) is 24.2 Å². The number of nitrogens with one attached hydrogen (secondary N) is 1. The number of benzene rings is 2. The fourth-order valence-corrected chi connectivity index (χ4v) is 2.08. The summed E-state index contributed by atoms with van der Waals surface area (Å²) in [5, 5.41) is 12.8. The van der Waals surface area contributed by atoms with Crippen LogP contribution in [0.3, 0.4) is 0 Å². The number of ether oxygens (including phenoxy) is 1. The van der Waals surface area contributed by atoms with Crippen LogP contribution in [0.25, 0.3) is 0 Å². The summed E-state index contributed by atoms with van der Waals surface area (Å²) in [6, 6.07) is 15.9. The lowest BCUT2D eigenvalue weighted by molar-refractivity contribution is 0.0216. The van der Waals surface area contributed by atoms with Crippen LogP contribution in [-0.2, 0) is 4.74 Å². The predicted octanol–water partition coefficient (Wildman–Crippen LogP) is 2.90. The van der Waals surface area contributed by atoms with E-state index in [1.165, 1.54) is 6.07 Å². The van der Waals surface area contributed by atoms with E-state index in [0.29, 0.717) is 0 Å². The summed E-state index contributed by atoms with van der Waals surface area (Å²) >= 11 is 0. The topological polar surface area (TPSA) is 58.6 Å². The Kier molecular flexibility index (Phi) is 4.95. The van der Waals surface area contributed by atoms with E-state index in [-0.39, 0.29) is 17.4 Å². The quantitative estimate of drug-likeness (QED) is 0.829. The van der Waals surface area contributed by atoms with Crippen molar-refractivity contribution in [1.29, 1.82) is 0 Å². The molecule has 110 valence electrons. The zero-order valence-corrected chi connectivity index (χ0v) is 12.1. The summed E-state index contributed by atoms with van der Waals surface area (Å²) in [4.78, 5) is 12.3. The number of phenolic OH excluding ortho intramolecular Hbond substituents is 1. The molecule has 2 atom stereocenters. The molecule has 0 heterocycles. The highest BCUT2D eigenvalue weighted by Crippen LogP contribution is 2.25. The van der Waals surface area contributed by atoms with Gasteiger partial charge >= 0.3 is 5.97 Å². The van der Waals surface area contributed by atoms with Crippen LogP contribution in [0.5, 0.6) is 5.75 Å². The molecule has 0 spiro atoms. The maximum absolute atomic E-state index is 12.3. The van der Waals surface area contributed by atoms with Gasteiger partial charge in [-0.25, -0.2) is 4.79 Å². The molecule has 0 saturated heterocycles. The summed E-state index contributed by atoms with van der Waals surface area (Å²) in [6.45, 7) is 1.94. The zero-order valence-electron chi connectivity index (χ0n) is 12.1. The van der Waals surface area contributed by atoms with Gasteiger partial charge in [0.05, 0.1) is 0 Å². The van der Waals surface area contributed by atoms with Crippen molar-refractivity contribution in [2.75, 3.05) is 7.05 Å². The van der Waals surface area contributed by atoms with Gasteiger partial charge in [-0.05, 0) is 31.7 Å². The van der Waals surface area contributed by atoms with Crippen LogP contribution in [0.4, 0.5) is 0 Å². The minimum atomic E-state index is -0.538. The molecule has 2 aromatic carbocycles. The molecule has 0 aliphatic rings. The first-order valence-corrected chi connectivity index (χ1v) is 6.84. The molecular weight excluding hydrogens is 266 g/mol. The fourth-order valence-electron chi connectivity index (χ4n) is 2.08. The van der Waals surface area contributed by atoms with Gasteiger partial charge in [0.15, 0.2) is 0 Å². The second kappa shape index (κ2) is 6.90. The third kappa shape index (κ3) is 3.61. The van der Waals surface area contributed by atoms with E-state index in [2.05, 4.69) is 5.32 Å². The average molecular weight is 285 g/mol. The second-order valence-corrected chi connectivity index (χ2v) is 4.83. The van der Waals surface area contributed by atoms with Gasteiger partial charge in [-0.1, -0.05) is 42.5 Å². The van der Waals surface area contributed by atoms with Gasteiger partial charge in [0, 0.05) is 6.04 Å². The summed E-state index contributed by atoms with van der Waals surface area (Å²) in [7, 11) is 1.81. The van der Waals surface area contributed by atoms with Crippen LogP contribution in [0.1, 0.15) is 28.9 Å². The Hall–Kier alpha value is -2.33. The van der Waals surface area contributed by atoms with E-state index in [1.54, 1.807) is 18.2 Å². The Morgan fingerprint density at radius 1 is 1.10 bits per heavy atom. The van der Waals surface area contributed by atoms with Gasteiger partial charge in [-0.2, -0.15) is 0 Å². The summed E-state index contributed by atoms with van der Waals surface area (Å²) in [5.74, 6) is -0.615.